The van der Waals surface area contributed by atoms with Gasteiger partial charge in [-0.3, -0.25) is 4.79 Å². The number of benzene rings is 2. The van der Waals surface area contributed by atoms with Crippen LogP contribution in [0.5, 0.6) is 0 Å². The van der Waals surface area contributed by atoms with Crippen LogP contribution in [0.2, 0.25) is 0 Å². The number of halogens is 1. The van der Waals surface area contributed by atoms with Crippen molar-refractivity contribution in [3.8, 4) is 0 Å². The molecule has 1 fully saturated rings. The maximum Gasteiger partial charge on any atom is 0.326 e. The highest BCUT2D eigenvalue weighted by Gasteiger charge is 2.27. The molecule has 2 aromatic rings. The van der Waals surface area contributed by atoms with Crippen molar-refractivity contribution in [1.29, 1.82) is 0 Å². The maximum absolute atomic E-state index is 14.2. The summed E-state index contributed by atoms with van der Waals surface area (Å²) in [6.45, 7) is 4.12. The Morgan fingerprint density at radius 2 is 1.81 bits per heavy atom. The quantitative estimate of drug-likeness (QED) is 0.767. The first-order valence-electron chi connectivity index (χ1n) is 9.27. The zero-order valence-corrected chi connectivity index (χ0v) is 15.5. The van der Waals surface area contributed by atoms with Gasteiger partial charge in [-0.15, -0.1) is 0 Å². The van der Waals surface area contributed by atoms with Gasteiger partial charge in [0.1, 0.15) is 11.9 Å². The van der Waals surface area contributed by atoms with Gasteiger partial charge in [-0.2, -0.15) is 0 Å². The van der Waals surface area contributed by atoms with Crippen molar-refractivity contribution in [2.75, 3.05) is 0 Å². The van der Waals surface area contributed by atoms with Crippen molar-refractivity contribution >= 4 is 11.9 Å². The fourth-order valence-corrected chi connectivity index (χ4v) is 3.12. The second kappa shape index (κ2) is 7.91. The van der Waals surface area contributed by atoms with Gasteiger partial charge in [0.2, 0.25) is 0 Å². The fourth-order valence-electron chi connectivity index (χ4n) is 3.12. The van der Waals surface area contributed by atoms with Crippen LogP contribution in [-0.4, -0.2) is 23.0 Å². The molecule has 1 amide bonds. The highest BCUT2D eigenvalue weighted by molar-refractivity contribution is 5.96. The summed E-state index contributed by atoms with van der Waals surface area (Å²) in [5.41, 5.74) is 2.76. The molecule has 2 N–H and O–H groups in total. The number of carbonyl (C=O) groups excluding carboxylic acids is 1. The highest BCUT2D eigenvalue weighted by atomic mass is 19.1. The molecule has 0 bridgehead atoms. The van der Waals surface area contributed by atoms with Crippen LogP contribution in [0.15, 0.2) is 42.5 Å². The average Bonchev–Trinajstić information content (AvgIpc) is 3.46. The Labute approximate surface area is 158 Å². The number of amides is 1. The van der Waals surface area contributed by atoms with Crippen LogP contribution >= 0.6 is 0 Å². The van der Waals surface area contributed by atoms with Crippen LogP contribution in [0.1, 0.15) is 65.6 Å². The molecule has 27 heavy (non-hydrogen) atoms. The lowest BCUT2D eigenvalue weighted by Crippen LogP contribution is -2.42. The molecule has 0 radical (unpaired) electrons. The Bertz CT molecular complexity index is 841. The van der Waals surface area contributed by atoms with Crippen LogP contribution < -0.4 is 5.32 Å². The predicted octanol–water partition coefficient (Wildman–Crippen LogP) is 4.25. The van der Waals surface area contributed by atoms with Crippen molar-refractivity contribution in [2.24, 2.45) is 0 Å². The summed E-state index contributed by atoms with van der Waals surface area (Å²) in [6, 6.07) is 10.8. The van der Waals surface area contributed by atoms with Crippen molar-refractivity contribution < 1.29 is 19.1 Å². The minimum absolute atomic E-state index is 0.0347. The molecule has 5 heteroatoms. The number of carbonyl (C=O) groups is 2. The third kappa shape index (κ3) is 4.73. The molecule has 0 unspecified atom stereocenters. The Morgan fingerprint density at radius 1 is 1.15 bits per heavy atom. The molecule has 0 aromatic heterocycles. The highest BCUT2D eigenvalue weighted by Crippen LogP contribution is 2.41. The molecule has 1 aliphatic rings. The lowest BCUT2D eigenvalue weighted by atomic mass is 10.0. The standard InChI is InChI=1S/C22H24FNO3/c1-13(2)15-4-8-17(9-5-15)21(25)24-20(22(26)27)12-14-3-10-18(16-6-7-16)19(23)11-14/h3-5,8-11,13,16,20H,6-7,12H2,1-2H3,(H,24,25)(H,26,27)/t20-/m1/s1. The van der Waals surface area contributed by atoms with E-state index in [-0.39, 0.29) is 12.2 Å². The van der Waals surface area contributed by atoms with Gasteiger partial charge in [0.25, 0.3) is 5.91 Å². The molecule has 0 saturated heterocycles. The maximum atomic E-state index is 14.2. The Balaban J connectivity index is 1.69. The van der Waals surface area contributed by atoms with Crippen molar-refractivity contribution in [1.82, 2.24) is 5.32 Å². The van der Waals surface area contributed by atoms with E-state index < -0.39 is 17.9 Å². The second-order valence-corrected chi connectivity index (χ2v) is 7.48. The van der Waals surface area contributed by atoms with Gasteiger partial charge in [0, 0.05) is 12.0 Å². The molecular formula is C22H24FNO3. The summed E-state index contributed by atoms with van der Waals surface area (Å²) >= 11 is 0. The van der Waals surface area contributed by atoms with Crippen LogP contribution in [0, 0.1) is 5.82 Å². The van der Waals surface area contributed by atoms with E-state index in [1.807, 2.05) is 12.1 Å². The van der Waals surface area contributed by atoms with Gasteiger partial charge in [-0.05, 0) is 59.6 Å². The van der Waals surface area contributed by atoms with E-state index in [1.54, 1.807) is 24.3 Å². The largest absolute Gasteiger partial charge is 0.480 e. The van der Waals surface area contributed by atoms with E-state index in [4.69, 9.17) is 0 Å². The topological polar surface area (TPSA) is 66.4 Å². The molecule has 4 nitrogen and oxygen atoms in total. The van der Waals surface area contributed by atoms with Gasteiger partial charge in [0.15, 0.2) is 0 Å². The number of carboxylic acid groups (broad SMARTS) is 1. The molecule has 1 aliphatic carbocycles. The lowest BCUT2D eigenvalue weighted by molar-refractivity contribution is -0.139. The van der Waals surface area contributed by atoms with Gasteiger partial charge in [0.05, 0.1) is 0 Å². The minimum Gasteiger partial charge on any atom is -0.480 e. The average molecular weight is 369 g/mol. The smallest absolute Gasteiger partial charge is 0.326 e. The van der Waals surface area contributed by atoms with Gasteiger partial charge in [-0.1, -0.05) is 38.1 Å². The Hall–Kier alpha value is -2.69. The molecule has 0 aliphatic heterocycles. The summed E-state index contributed by atoms with van der Waals surface area (Å²) in [4.78, 5) is 24.0. The third-order valence-corrected chi connectivity index (χ3v) is 4.96. The van der Waals surface area contributed by atoms with E-state index >= 15 is 0 Å². The van der Waals surface area contributed by atoms with Crippen molar-refractivity contribution in [3.05, 3.63) is 70.5 Å². The van der Waals surface area contributed by atoms with E-state index in [2.05, 4.69) is 19.2 Å². The SMILES string of the molecule is CC(C)c1ccc(C(=O)N[C@H](Cc2ccc(C3CC3)c(F)c2)C(=O)O)cc1. The van der Waals surface area contributed by atoms with Crippen LogP contribution in [-0.2, 0) is 11.2 Å². The summed E-state index contributed by atoms with van der Waals surface area (Å²) in [6.07, 6.45) is 2.03. The molecule has 0 spiro atoms. The zero-order valence-electron chi connectivity index (χ0n) is 15.5. The van der Waals surface area contributed by atoms with Gasteiger partial charge < -0.3 is 10.4 Å². The first-order chi connectivity index (χ1) is 12.8. The van der Waals surface area contributed by atoms with E-state index in [1.165, 1.54) is 6.07 Å². The summed E-state index contributed by atoms with van der Waals surface area (Å²) in [5.74, 6) is -1.25. The monoisotopic (exact) mass is 369 g/mol. The number of carboxylic acids is 1. The molecule has 3 rings (SSSR count). The Kier molecular flexibility index (Phi) is 5.59. The minimum atomic E-state index is -1.14. The molecule has 1 atom stereocenters. The Morgan fingerprint density at radius 3 is 2.33 bits per heavy atom. The van der Waals surface area contributed by atoms with Crippen LogP contribution in [0.25, 0.3) is 0 Å². The molecule has 0 heterocycles. The van der Waals surface area contributed by atoms with Crippen molar-refractivity contribution in [2.45, 2.75) is 51.0 Å². The number of hydrogen-bond donors (Lipinski definition) is 2. The first kappa shape index (κ1) is 19.1. The van der Waals surface area contributed by atoms with Gasteiger partial charge in [-0.25, -0.2) is 9.18 Å². The summed E-state index contributed by atoms with van der Waals surface area (Å²) in [5, 5.41) is 12.0. The van der Waals surface area contributed by atoms with E-state index in [0.29, 0.717) is 28.5 Å². The number of hydrogen-bond acceptors (Lipinski definition) is 2. The molecular weight excluding hydrogens is 345 g/mol. The third-order valence-electron chi connectivity index (χ3n) is 4.96. The van der Waals surface area contributed by atoms with Crippen LogP contribution in [0.4, 0.5) is 4.39 Å². The van der Waals surface area contributed by atoms with E-state index in [9.17, 15) is 19.1 Å². The first-order valence-corrected chi connectivity index (χ1v) is 9.27. The predicted molar refractivity (Wildman–Crippen MR) is 102 cm³/mol. The van der Waals surface area contributed by atoms with Gasteiger partial charge >= 0.3 is 5.97 Å². The fraction of sp³-hybridized carbons (Fsp3) is 0.364. The van der Waals surface area contributed by atoms with Crippen molar-refractivity contribution in [3.63, 3.8) is 0 Å². The summed E-state index contributed by atoms with van der Waals surface area (Å²) < 4.78 is 14.2. The zero-order chi connectivity index (χ0) is 19.6. The number of rotatable bonds is 7. The number of nitrogens with one attached hydrogen (secondary N) is 1. The molecule has 1 saturated carbocycles. The molecule has 2 aromatic carbocycles. The second-order valence-electron chi connectivity index (χ2n) is 7.48. The van der Waals surface area contributed by atoms with Crippen LogP contribution in [0.3, 0.4) is 0 Å². The normalized spacial score (nSPS) is 14.8. The lowest BCUT2D eigenvalue weighted by Gasteiger charge is -2.16. The summed E-state index contributed by atoms with van der Waals surface area (Å²) in [7, 11) is 0. The van der Waals surface area contributed by atoms with E-state index in [0.717, 1.165) is 18.4 Å². The molecule has 142 valence electrons. The number of aliphatic carboxylic acids is 1.